The van der Waals surface area contributed by atoms with Crippen LogP contribution in [0.3, 0.4) is 0 Å². The van der Waals surface area contributed by atoms with Crippen molar-refractivity contribution in [3.63, 3.8) is 0 Å². The van der Waals surface area contributed by atoms with Gasteiger partial charge < -0.3 is 14.1 Å². The Morgan fingerprint density at radius 2 is 1.71 bits per heavy atom. The Labute approximate surface area is 201 Å². The molecule has 1 aliphatic rings. The number of rotatable bonds is 9. The number of hydrogen-bond acceptors (Lipinski definition) is 5. The predicted octanol–water partition coefficient (Wildman–Crippen LogP) is 5.14. The van der Waals surface area contributed by atoms with E-state index < -0.39 is 9.84 Å². The summed E-state index contributed by atoms with van der Waals surface area (Å²) in [5.41, 5.74) is 1.30. The molecule has 180 valence electrons. The van der Waals surface area contributed by atoms with Gasteiger partial charge in [-0.1, -0.05) is 30.3 Å². The van der Waals surface area contributed by atoms with Crippen LogP contribution in [0.4, 0.5) is 0 Å². The molecule has 1 saturated heterocycles. The van der Waals surface area contributed by atoms with E-state index in [1.54, 1.807) is 42.5 Å². The third-order valence-electron chi connectivity index (χ3n) is 6.28. The molecule has 0 saturated carbocycles. The number of sulfone groups is 1. The summed E-state index contributed by atoms with van der Waals surface area (Å²) >= 11 is 0. The zero-order valence-corrected chi connectivity index (χ0v) is 20.3. The van der Waals surface area contributed by atoms with Gasteiger partial charge in [0.25, 0.3) is 5.91 Å². The van der Waals surface area contributed by atoms with Crippen LogP contribution < -0.4 is 4.74 Å². The Hall–Kier alpha value is -3.06. The van der Waals surface area contributed by atoms with Crippen LogP contribution in [0.25, 0.3) is 0 Å². The van der Waals surface area contributed by atoms with Crippen molar-refractivity contribution >= 4 is 15.7 Å². The van der Waals surface area contributed by atoms with E-state index in [0.29, 0.717) is 25.6 Å². The Bertz CT molecular complexity index is 1180. The third-order valence-corrected chi connectivity index (χ3v) is 7.94. The zero-order valence-electron chi connectivity index (χ0n) is 19.5. The summed E-state index contributed by atoms with van der Waals surface area (Å²) in [6.45, 7) is 4.02. The second-order valence-electron chi connectivity index (χ2n) is 8.69. The minimum atomic E-state index is -3.52. The molecule has 7 heteroatoms. The number of nitrogens with zero attached hydrogens (tertiary/aromatic N) is 1. The maximum Gasteiger partial charge on any atom is 0.289 e. The van der Waals surface area contributed by atoms with Crippen LogP contribution in [0, 0.1) is 5.92 Å². The molecule has 0 N–H and O–H groups in total. The Morgan fingerprint density at radius 1 is 1.00 bits per heavy atom. The average molecular weight is 482 g/mol. The molecule has 1 aliphatic heterocycles. The standard InChI is InChI=1S/C27H31NO5S/c1-2-32-23-12-10-21(11-13-23)8-9-22-16-18-28(19-17-22)27(29)26-15-14-24(33-26)20-34(30,31)25-6-4-3-5-7-25/h3-7,10-15,22H,2,8-9,16-20H2,1H3. The molecule has 0 radical (unpaired) electrons. The lowest BCUT2D eigenvalue weighted by atomic mass is 9.90. The number of furan rings is 1. The number of carbonyl (C=O) groups excluding carboxylic acids is 1. The molecule has 2 aromatic carbocycles. The topological polar surface area (TPSA) is 76.8 Å². The number of hydrogen-bond donors (Lipinski definition) is 0. The SMILES string of the molecule is CCOc1ccc(CCC2CCN(C(=O)c3ccc(CS(=O)(=O)c4ccccc4)o3)CC2)cc1. The summed E-state index contributed by atoms with van der Waals surface area (Å²) in [5.74, 6) is 1.52. The van der Waals surface area contributed by atoms with Crippen LogP contribution in [0.1, 0.15) is 48.1 Å². The van der Waals surface area contributed by atoms with Gasteiger partial charge in [0.15, 0.2) is 15.6 Å². The Morgan fingerprint density at radius 3 is 2.38 bits per heavy atom. The molecule has 34 heavy (non-hydrogen) atoms. The number of amides is 1. The normalized spacial score (nSPS) is 14.8. The minimum Gasteiger partial charge on any atom is -0.494 e. The van der Waals surface area contributed by atoms with Crippen molar-refractivity contribution in [2.24, 2.45) is 5.92 Å². The van der Waals surface area contributed by atoms with Gasteiger partial charge in [0.1, 0.15) is 17.3 Å². The highest BCUT2D eigenvalue weighted by Crippen LogP contribution is 2.25. The fraction of sp³-hybridized carbons (Fsp3) is 0.370. The monoisotopic (exact) mass is 481 g/mol. The van der Waals surface area contributed by atoms with E-state index >= 15 is 0 Å². The molecule has 1 amide bonds. The molecule has 0 spiro atoms. The highest BCUT2D eigenvalue weighted by Gasteiger charge is 2.26. The smallest absolute Gasteiger partial charge is 0.289 e. The van der Waals surface area contributed by atoms with Crippen LogP contribution >= 0.6 is 0 Å². The molecule has 1 fully saturated rings. The van der Waals surface area contributed by atoms with Crippen LogP contribution in [-0.2, 0) is 22.0 Å². The van der Waals surface area contributed by atoms with Gasteiger partial charge in [-0.05, 0) is 80.5 Å². The molecule has 0 atom stereocenters. The first-order valence-electron chi connectivity index (χ1n) is 11.8. The molecular weight excluding hydrogens is 450 g/mol. The van der Waals surface area contributed by atoms with Gasteiger partial charge in [0, 0.05) is 13.1 Å². The molecule has 4 rings (SSSR count). The second kappa shape index (κ2) is 10.9. The van der Waals surface area contributed by atoms with Gasteiger partial charge in [-0.25, -0.2) is 8.42 Å². The van der Waals surface area contributed by atoms with Crippen LogP contribution in [0.15, 0.2) is 76.0 Å². The van der Waals surface area contributed by atoms with Gasteiger partial charge in [0.2, 0.25) is 0 Å². The van der Waals surface area contributed by atoms with Gasteiger partial charge in [-0.15, -0.1) is 0 Å². The summed E-state index contributed by atoms with van der Waals surface area (Å²) in [6, 6.07) is 19.7. The number of piperidine rings is 1. The zero-order chi connectivity index (χ0) is 24.0. The second-order valence-corrected chi connectivity index (χ2v) is 10.7. The molecule has 0 aliphatic carbocycles. The summed E-state index contributed by atoms with van der Waals surface area (Å²) in [4.78, 5) is 14.9. The van der Waals surface area contributed by atoms with Gasteiger partial charge in [-0.2, -0.15) is 0 Å². The van der Waals surface area contributed by atoms with Crippen molar-refractivity contribution in [2.45, 2.75) is 43.3 Å². The van der Waals surface area contributed by atoms with Gasteiger partial charge >= 0.3 is 0 Å². The number of aryl methyl sites for hydroxylation is 1. The lowest BCUT2D eigenvalue weighted by Gasteiger charge is -2.31. The van der Waals surface area contributed by atoms with Crippen molar-refractivity contribution in [2.75, 3.05) is 19.7 Å². The maximum absolute atomic E-state index is 12.9. The van der Waals surface area contributed by atoms with Crippen LogP contribution in [0.2, 0.25) is 0 Å². The van der Waals surface area contributed by atoms with Crippen molar-refractivity contribution in [3.05, 3.63) is 83.8 Å². The fourth-order valence-corrected chi connectivity index (χ4v) is 5.61. The molecule has 6 nitrogen and oxygen atoms in total. The average Bonchev–Trinajstić information content (AvgIpc) is 3.32. The highest BCUT2D eigenvalue weighted by molar-refractivity contribution is 7.90. The third kappa shape index (κ3) is 6.08. The fourth-order valence-electron chi connectivity index (χ4n) is 4.34. The molecule has 2 heterocycles. The Kier molecular flexibility index (Phi) is 7.73. The molecule has 0 unspecified atom stereocenters. The lowest BCUT2D eigenvalue weighted by molar-refractivity contribution is 0.0653. The van der Waals surface area contributed by atoms with Crippen molar-refractivity contribution < 1.29 is 22.4 Å². The highest BCUT2D eigenvalue weighted by atomic mass is 32.2. The van der Waals surface area contributed by atoms with Crippen molar-refractivity contribution in [1.29, 1.82) is 0 Å². The van der Waals surface area contributed by atoms with E-state index in [4.69, 9.17) is 9.15 Å². The summed E-state index contributed by atoms with van der Waals surface area (Å²) in [5, 5.41) is 0. The molecule has 3 aromatic rings. The van der Waals surface area contributed by atoms with E-state index in [-0.39, 0.29) is 28.1 Å². The largest absolute Gasteiger partial charge is 0.494 e. The van der Waals surface area contributed by atoms with Crippen LogP contribution in [0.5, 0.6) is 5.75 Å². The number of carbonyl (C=O) groups is 1. The summed E-state index contributed by atoms with van der Waals surface area (Å²) in [7, 11) is -3.52. The van der Waals surface area contributed by atoms with Crippen LogP contribution in [-0.4, -0.2) is 38.9 Å². The van der Waals surface area contributed by atoms with Gasteiger partial charge in [0.05, 0.1) is 11.5 Å². The predicted molar refractivity (Wildman–Crippen MR) is 131 cm³/mol. The molecule has 1 aromatic heterocycles. The number of benzene rings is 2. The molecular formula is C27H31NO5S. The quantitative estimate of drug-likeness (QED) is 0.423. The van der Waals surface area contributed by atoms with Crippen molar-refractivity contribution in [3.8, 4) is 5.75 Å². The van der Waals surface area contributed by atoms with Crippen molar-refractivity contribution in [1.82, 2.24) is 4.90 Å². The van der Waals surface area contributed by atoms with E-state index in [2.05, 4.69) is 12.1 Å². The number of ether oxygens (including phenoxy) is 1. The lowest BCUT2D eigenvalue weighted by Crippen LogP contribution is -2.38. The van der Waals surface area contributed by atoms with E-state index in [1.807, 2.05) is 24.0 Å². The van der Waals surface area contributed by atoms with E-state index in [0.717, 1.165) is 31.4 Å². The number of likely N-dealkylation sites (tertiary alicyclic amines) is 1. The first kappa shape index (κ1) is 24.1. The Balaban J connectivity index is 1.26. The first-order valence-corrected chi connectivity index (χ1v) is 13.5. The minimum absolute atomic E-state index is 0.173. The van der Waals surface area contributed by atoms with Gasteiger partial charge in [-0.3, -0.25) is 4.79 Å². The first-order chi connectivity index (χ1) is 16.4. The van der Waals surface area contributed by atoms with E-state index in [9.17, 15) is 13.2 Å². The molecule has 0 bridgehead atoms. The van der Waals surface area contributed by atoms with E-state index in [1.165, 1.54) is 5.56 Å². The summed E-state index contributed by atoms with van der Waals surface area (Å²) in [6.07, 6.45) is 4.03. The summed E-state index contributed by atoms with van der Waals surface area (Å²) < 4.78 is 36.3. The maximum atomic E-state index is 12.9.